The van der Waals surface area contributed by atoms with Crippen LogP contribution < -0.4 is 5.32 Å². The molecule has 1 unspecified atom stereocenters. The van der Waals surface area contributed by atoms with Crippen molar-refractivity contribution in [2.45, 2.75) is 19.4 Å². The molecule has 1 aromatic carbocycles. The number of methoxy groups -OCH3 is 1. The van der Waals surface area contributed by atoms with Crippen LogP contribution in [0, 0.1) is 0 Å². The Morgan fingerprint density at radius 3 is 2.75 bits per heavy atom. The van der Waals surface area contributed by atoms with E-state index in [1.165, 1.54) is 5.56 Å². The first kappa shape index (κ1) is 14.2. The smallest absolute Gasteiger partial charge is 0.0658 e. The van der Waals surface area contributed by atoms with Crippen molar-refractivity contribution in [3.63, 3.8) is 0 Å². The van der Waals surface area contributed by atoms with Crippen LogP contribution in [0.5, 0.6) is 0 Å². The van der Waals surface area contributed by atoms with E-state index in [1.807, 2.05) is 6.07 Å². The first-order valence-electron chi connectivity index (χ1n) is 5.36. The Morgan fingerprint density at radius 2 is 2.12 bits per heavy atom. The summed E-state index contributed by atoms with van der Waals surface area (Å²) < 4.78 is 7.45. The maximum Gasteiger partial charge on any atom is 0.0658 e. The molecule has 1 rings (SSSR count). The second-order valence-electron chi connectivity index (χ2n) is 3.63. The first-order valence-corrected chi connectivity index (χ1v) is 6.95. The molecule has 0 spiro atoms. The molecular weight excluding hydrogens is 334 g/mol. The predicted molar refractivity (Wildman–Crippen MR) is 74.8 cm³/mol. The number of rotatable bonds is 6. The fraction of sp³-hybridized carbons (Fsp3) is 0.500. The van der Waals surface area contributed by atoms with E-state index in [9.17, 15) is 0 Å². The maximum absolute atomic E-state index is 5.25. The Labute approximate surface area is 114 Å². The molecule has 0 saturated carbocycles. The quantitative estimate of drug-likeness (QED) is 0.840. The van der Waals surface area contributed by atoms with E-state index in [0.717, 1.165) is 21.9 Å². The highest BCUT2D eigenvalue weighted by Crippen LogP contribution is 2.27. The monoisotopic (exact) mass is 349 g/mol. The number of hydrogen-bond acceptors (Lipinski definition) is 2. The molecule has 0 aliphatic rings. The normalized spacial score (nSPS) is 12.8. The van der Waals surface area contributed by atoms with Gasteiger partial charge in [0.15, 0.2) is 0 Å². The van der Waals surface area contributed by atoms with E-state index < -0.39 is 0 Å². The highest BCUT2D eigenvalue weighted by Gasteiger charge is 2.13. The molecule has 0 amide bonds. The lowest BCUT2D eigenvalue weighted by atomic mass is 10.1. The van der Waals surface area contributed by atoms with E-state index in [2.05, 4.69) is 56.2 Å². The van der Waals surface area contributed by atoms with Crippen LogP contribution in [0.15, 0.2) is 27.1 Å². The summed E-state index contributed by atoms with van der Waals surface area (Å²) in [6.45, 7) is 3.83. The summed E-state index contributed by atoms with van der Waals surface area (Å²) in [6, 6.07) is 6.43. The average molecular weight is 351 g/mol. The van der Waals surface area contributed by atoms with Gasteiger partial charge in [0.1, 0.15) is 0 Å². The Morgan fingerprint density at radius 1 is 1.38 bits per heavy atom. The summed E-state index contributed by atoms with van der Waals surface area (Å²) in [5.41, 5.74) is 1.23. The van der Waals surface area contributed by atoms with Crippen LogP contribution >= 0.6 is 31.9 Å². The van der Waals surface area contributed by atoms with Crippen molar-refractivity contribution in [2.75, 3.05) is 20.3 Å². The van der Waals surface area contributed by atoms with Gasteiger partial charge in [-0.25, -0.2) is 0 Å². The summed E-state index contributed by atoms with van der Waals surface area (Å²) in [6.07, 6.45) is 1.12. The van der Waals surface area contributed by atoms with Gasteiger partial charge in [0.2, 0.25) is 0 Å². The highest BCUT2D eigenvalue weighted by atomic mass is 79.9. The highest BCUT2D eigenvalue weighted by molar-refractivity contribution is 9.11. The summed E-state index contributed by atoms with van der Waals surface area (Å²) in [7, 11) is 1.73. The van der Waals surface area contributed by atoms with Crippen molar-refractivity contribution in [1.29, 1.82) is 0 Å². The van der Waals surface area contributed by atoms with Crippen LogP contribution in [0.2, 0.25) is 0 Å². The molecule has 0 heterocycles. The van der Waals surface area contributed by atoms with Gasteiger partial charge in [-0.05, 0) is 36.7 Å². The second-order valence-corrected chi connectivity index (χ2v) is 5.40. The number of ether oxygens (including phenoxy) is 1. The molecule has 1 aromatic rings. The number of nitrogens with one attached hydrogen (secondary N) is 1. The maximum atomic E-state index is 5.25. The molecule has 0 fully saturated rings. The molecule has 4 heteroatoms. The lowest BCUT2D eigenvalue weighted by molar-refractivity contribution is 0.167. The molecule has 0 bridgehead atoms. The third-order valence-corrected chi connectivity index (χ3v) is 3.52. The van der Waals surface area contributed by atoms with Crippen molar-refractivity contribution < 1.29 is 4.74 Å². The topological polar surface area (TPSA) is 21.3 Å². The van der Waals surface area contributed by atoms with Gasteiger partial charge >= 0.3 is 0 Å². The van der Waals surface area contributed by atoms with Crippen LogP contribution in [-0.4, -0.2) is 20.3 Å². The van der Waals surface area contributed by atoms with E-state index in [4.69, 9.17) is 4.74 Å². The van der Waals surface area contributed by atoms with E-state index >= 15 is 0 Å². The van der Waals surface area contributed by atoms with Gasteiger partial charge in [0.25, 0.3) is 0 Å². The number of hydrogen-bond donors (Lipinski definition) is 1. The van der Waals surface area contributed by atoms with Crippen LogP contribution in [-0.2, 0) is 4.74 Å². The van der Waals surface area contributed by atoms with Gasteiger partial charge in [-0.1, -0.05) is 38.8 Å². The molecule has 90 valence electrons. The largest absolute Gasteiger partial charge is 0.383 e. The molecule has 1 N–H and O–H groups in total. The zero-order chi connectivity index (χ0) is 12.0. The summed E-state index contributed by atoms with van der Waals surface area (Å²) in [5, 5.41) is 3.48. The molecule has 0 radical (unpaired) electrons. The van der Waals surface area contributed by atoms with Crippen LogP contribution in [0.3, 0.4) is 0 Å². The van der Waals surface area contributed by atoms with Gasteiger partial charge in [0.05, 0.1) is 12.6 Å². The van der Waals surface area contributed by atoms with Gasteiger partial charge in [-0.2, -0.15) is 0 Å². The molecule has 16 heavy (non-hydrogen) atoms. The molecule has 0 aliphatic heterocycles. The summed E-state index contributed by atoms with van der Waals surface area (Å²) in [4.78, 5) is 0. The Balaban J connectivity index is 2.85. The van der Waals surface area contributed by atoms with E-state index in [0.29, 0.717) is 6.61 Å². The van der Waals surface area contributed by atoms with Gasteiger partial charge in [0, 0.05) is 16.1 Å². The zero-order valence-corrected chi connectivity index (χ0v) is 12.8. The Hall–Kier alpha value is 0.1000. The fourth-order valence-corrected chi connectivity index (χ4v) is 2.43. The van der Waals surface area contributed by atoms with Crippen LogP contribution in [0.1, 0.15) is 24.9 Å². The van der Waals surface area contributed by atoms with Gasteiger partial charge < -0.3 is 10.1 Å². The third kappa shape index (κ3) is 4.17. The SMILES string of the molecule is CCCNC(COC)c1cc(Br)ccc1Br. The Kier molecular flexibility index (Phi) is 6.58. The summed E-state index contributed by atoms with van der Waals surface area (Å²) in [5.74, 6) is 0. The number of halogens is 2. The van der Waals surface area contributed by atoms with Gasteiger partial charge in [-0.3, -0.25) is 0 Å². The molecule has 1 atom stereocenters. The minimum absolute atomic E-state index is 0.233. The van der Waals surface area contributed by atoms with Crippen molar-refractivity contribution >= 4 is 31.9 Å². The van der Waals surface area contributed by atoms with Crippen molar-refractivity contribution in [1.82, 2.24) is 5.32 Å². The van der Waals surface area contributed by atoms with Crippen molar-refractivity contribution in [3.8, 4) is 0 Å². The van der Waals surface area contributed by atoms with E-state index in [-0.39, 0.29) is 6.04 Å². The average Bonchev–Trinajstić information content (AvgIpc) is 2.28. The van der Waals surface area contributed by atoms with Crippen LogP contribution in [0.4, 0.5) is 0 Å². The first-order chi connectivity index (χ1) is 7.69. The zero-order valence-electron chi connectivity index (χ0n) is 9.59. The lowest BCUT2D eigenvalue weighted by Crippen LogP contribution is -2.26. The van der Waals surface area contributed by atoms with Gasteiger partial charge in [-0.15, -0.1) is 0 Å². The molecule has 2 nitrogen and oxygen atoms in total. The minimum atomic E-state index is 0.233. The van der Waals surface area contributed by atoms with E-state index in [1.54, 1.807) is 7.11 Å². The fourth-order valence-electron chi connectivity index (χ4n) is 1.53. The summed E-state index contributed by atoms with van der Waals surface area (Å²) >= 11 is 7.07. The molecular formula is C12H17Br2NO. The Bertz CT molecular complexity index is 331. The molecule has 0 saturated heterocycles. The van der Waals surface area contributed by atoms with Crippen molar-refractivity contribution in [2.24, 2.45) is 0 Å². The second kappa shape index (κ2) is 7.43. The molecule has 0 aliphatic carbocycles. The minimum Gasteiger partial charge on any atom is -0.383 e. The lowest BCUT2D eigenvalue weighted by Gasteiger charge is -2.19. The van der Waals surface area contributed by atoms with Crippen molar-refractivity contribution in [3.05, 3.63) is 32.7 Å². The third-order valence-electron chi connectivity index (χ3n) is 2.31. The standard InChI is InChI=1S/C12H17Br2NO/c1-3-6-15-12(8-16-2)10-7-9(13)4-5-11(10)14/h4-5,7,12,15H,3,6,8H2,1-2H3. The predicted octanol–water partition coefficient (Wildman–Crippen LogP) is 3.90. The number of benzene rings is 1. The molecule has 0 aromatic heterocycles. The van der Waals surface area contributed by atoms with Crippen LogP contribution in [0.25, 0.3) is 0 Å².